The van der Waals surface area contributed by atoms with Gasteiger partial charge in [0.05, 0.1) is 11.9 Å². The molecule has 1 aromatic rings. The van der Waals surface area contributed by atoms with Crippen molar-refractivity contribution < 1.29 is 9.53 Å². The fourth-order valence-corrected chi connectivity index (χ4v) is 2.49. The van der Waals surface area contributed by atoms with E-state index >= 15 is 0 Å². The summed E-state index contributed by atoms with van der Waals surface area (Å²) in [6.07, 6.45) is 5.28. The van der Waals surface area contributed by atoms with Crippen LogP contribution in [0.15, 0.2) is 12.4 Å². The van der Waals surface area contributed by atoms with E-state index in [2.05, 4.69) is 9.97 Å². The van der Waals surface area contributed by atoms with Crippen molar-refractivity contribution in [2.45, 2.75) is 45.1 Å². The summed E-state index contributed by atoms with van der Waals surface area (Å²) in [6.45, 7) is 7.04. The quantitative estimate of drug-likeness (QED) is 0.840. The van der Waals surface area contributed by atoms with Crippen LogP contribution in [0.2, 0.25) is 0 Å². The molecule has 0 unspecified atom stereocenters. The molecule has 1 aliphatic heterocycles. The number of rotatable bonds is 2. The Morgan fingerprint density at radius 3 is 2.73 bits per heavy atom. The van der Waals surface area contributed by atoms with Crippen molar-refractivity contribution in [2.75, 3.05) is 32.1 Å². The lowest BCUT2D eigenvalue weighted by Gasteiger charge is -2.34. The average molecular weight is 306 g/mol. The van der Waals surface area contributed by atoms with Gasteiger partial charge in [-0.3, -0.25) is 4.98 Å². The Kier molecular flexibility index (Phi) is 4.88. The predicted molar refractivity (Wildman–Crippen MR) is 86.1 cm³/mol. The fraction of sp³-hybridized carbons (Fsp3) is 0.688. The summed E-state index contributed by atoms with van der Waals surface area (Å²) in [7, 11) is 3.89. The van der Waals surface area contributed by atoms with Crippen LogP contribution in [-0.2, 0) is 4.74 Å². The molecule has 22 heavy (non-hydrogen) atoms. The first-order valence-corrected chi connectivity index (χ1v) is 7.73. The Labute approximate surface area is 132 Å². The summed E-state index contributed by atoms with van der Waals surface area (Å²) in [4.78, 5) is 24.9. The van der Waals surface area contributed by atoms with Crippen LogP contribution in [0.3, 0.4) is 0 Å². The van der Waals surface area contributed by atoms with Gasteiger partial charge in [-0.2, -0.15) is 0 Å². The second kappa shape index (κ2) is 6.50. The summed E-state index contributed by atoms with van der Waals surface area (Å²) in [5.41, 5.74) is 0.480. The van der Waals surface area contributed by atoms with E-state index in [4.69, 9.17) is 4.74 Å². The zero-order chi connectivity index (χ0) is 16.3. The molecule has 0 saturated carbocycles. The molecule has 1 aliphatic rings. The van der Waals surface area contributed by atoms with E-state index in [9.17, 15) is 4.79 Å². The summed E-state index contributed by atoms with van der Waals surface area (Å²) in [5, 5.41) is 0. The zero-order valence-corrected chi connectivity index (χ0v) is 14.2. The third kappa shape index (κ3) is 4.32. The molecule has 0 bridgehead atoms. The number of likely N-dealkylation sites (tertiary alicyclic amines) is 1. The molecule has 1 fully saturated rings. The minimum absolute atomic E-state index is 0.216. The van der Waals surface area contributed by atoms with Gasteiger partial charge in [0.1, 0.15) is 11.4 Å². The largest absolute Gasteiger partial charge is 0.444 e. The van der Waals surface area contributed by atoms with Crippen LogP contribution in [0.25, 0.3) is 0 Å². The molecular formula is C16H26N4O2. The number of carbonyl (C=O) groups excluding carboxylic acids is 1. The van der Waals surface area contributed by atoms with E-state index in [0.29, 0.717) is 6.54 Å². The summed E-state index contributed by atoms with van der Waals surface area (Å²) >= 11 is 0. The number of hydrogen-bond acceptors (Lipinski definition) is 5. The van der Waals surface area contributed by atoms with Gasteiger partial charge in [0.25, 0.3) is 0 Å². The molecule has 122 valence electrons. The van der Waals surface area contributed by atoms with Crippen molar-refractivity contribution in [2.24, 2.45) is 0 Å². The van der Waals surface area contributed by atoms with Gasteiger partial charge in [-0.05, 0) is 33.6 Å². The topological polar surface area (TPSA) is 58.6 Å². The van der Waals surface area contributed by atoms with Gasteiger partial charge in [-0.15, -0.1) is 0 Å². The minimum Gasteiger partial charge on any atom is -0.444 e. The SMILES string of the molecule is CN(C)c1cncc([C@H]2CCCN(C(=O)OC(C)(C)C)C2)n1. The number of ether oxygens (including phenoxy) is 1. The van der Waals surface area contributed by atoms with E-state index < -0.39 is 5.60 Å². The molecule has 1 amide bonds. The van der Waals surface area contributed by atoms with Crippen molar-refractivity contribution in [3.63, 3.8) is 0 Å². The molecule has 1 atom stereocenters. The van der Waals surface area contributed by atoms with E-state index in [-0.39, 0.29) is 12.0 Å². The van der Waals surface area contributed by atoms with Gasteiger partial charge in [0, 0.05) is 39.3 Å². The minimum atomic E-state index is -0.464. The molecule has 1 aromatic heterocycles. The maximum atomic E-state index is 12.2. The first kappa shape index (κ1) is 16.5. The molecule has 6 nitrogen and oxygen atoms in total. The first-order chi connectivity index (χ1) is 10.3. The Bertz CT molecular complexity index is 525. The first-order valence-electron chi connectivity index (χ1n) is 7.73. The average Bonchev–Trinajstić information content (AvgIpc) is 2.46. The van der Waals surface area contributed by atoms with E-state index in [1.54, 1.807) is 17.3 Å². The highest BCUT2D eigenvalue weighted by atomic mass is 16.6. The molecular weight excluding hydrogens is 280 g/mol. The van der Waals surface area contributed by atoms with E-state index in [0.717, 1.165) is 30.9 Å². The Hall–Kier alpha value is -1.85. The number of hydrogen-bond donors (Lipinski definition) is 0. The highest BCUT2D eigenvalue weighted by Crippen LogP contribution is 2.27. The van der Waals surface area contributed by atoms with Gasteiger partial charge in [0.15, 0.2) is 0 Å². The van der Waals surface area contributed by atoms with Crippen molar-refractivity contribution in [3.8, 4) is 0 Å². The van der Waals surface area contributed by atoms with Gasteiger partial charge < -0.3 is 14.5 Å². The lowest BCUT2D eigenvalue weighted by Crippen LogP contribution is -2.42. The molecule has 6 heteroatoms. The van der Waals surface area contributed by atoms with Gasteiger partial charge >= 0.3 is 6.09 Å². The number of aromatic nitrogens is 2. The normalized spacial score (nSPS) is 19.0. The molecule has 1 saturated heterocycles. The maximum absolute atomic E-state index is 12.2. The number of amides is 1. The van der Waals surface area contributed by atoms with Gasteiger partial charge in [-0.1, -0.05) is 0 Å². The van der Waals surface area contributed by atoms with Crippen LogP contribution in [0.1, 0.15) is 45.2 Å². The molecule has 0 radical (unpaired) electrons. The van der Waals surface area contributed by atoms with Crippen molar-refractivity contribution in [1.82, 2.24) is 14.9 Å². The number of anilines is 1. The Morgan fingerprint density at radius 1 is 1.36 bits per heavy atom. The summed E-state index contributed by atoms with van der Waals surface area (Å²) in [5.74, 6) is 1.06. The third-order valence-electron chi connectivity index (χ3n) is 3.59. The maximum Gasteiger partial charge on any atom is 0.410 e. The van der Waals surface area contributed by atoms with Gasteiger partial charge in [-0.25, -0.2) is 9.78 Å². The number of nitrogens with zero attached hydrogens (tertiary/aromatic N) is 4. The summed E-state index contributed by atoms with van der Waals surface area (Å²) in [6, 6.07) is 0. The smallest absolute Gasteiger partial charge is 0.410 e. The second-order valence-corrected chi connectivity index (χ2v) is 6.96. The van der Waals surface area contributed by atoms with Crippen molar-refractivity contribution >= 4 is 11.9 Å². The number of piperidine rings is 1. The number of carbonyl (C=O) groups is 1. The van der Waals surface area contributed by atoms with E-state index in [1.807, 2.05) is 39.8 Å². The predicted octanol–water partition coefficient (Wildman–Crippen LogP) is 2.66. The van der Waals surface area contributed by atoms with Crippen LogP contribution >= 0.6 is 0 Å². The van der Waals surface area contributed by atoms with Crippen LogP contribution in [0, 0.1) is 0 Å². The molecule has 0 aromatic carbocycles. The highest BCUT2D eigenvalue weighted by molar-refractivity contribution is 5.68. The molecule has 0 aliphatic carbocycles. The summed E-state index contributed by atoms with van der Waals surface area (Å²) < 4.78 is 5.47. The van der Waals surface area contributed by atoms with Crippen LogP contribution in [0.4, 0.5) is 10.6 Å². The van der Waals surface area contributed by atoms with Gasteiger partial charge in [0.2, 0.25) is 0 Å². The van der Waals surface area contributed by atoms with E-state index in [1.165, 1.54) is 0 Å². The molecule has 2 heterocycles. The molecule has 0 N–H and O–H groups in total. The molecule has 0 spiro atoms. The fourth-order valence-electron chi connectivity index (χ4n) is 2.49. The van der Waals surface area contributed by atoms with Crippen molar-refractivity contribution in [3.05, 3.63) is 18.1 Å². The van der Waals surface area contributed by atoms with Crippen molar-refractivity contribution in [1.29, 1.82) is 0 Å². The molecule has 2 rings (SSSR count). The Morgan fingerprint density at radius 2 is 2.09 bits per heavy atom. The zero-order valence-electron chi connectivity index (χ0n) is 14.2. The second-order valence-electron chi connectivity index (χ2n) is 6.96. The lowest BCUT2D eigenvalue weighted by molar-refractivity contribution is 0.0197. The Balaban J connectivity index is 2.07. The van der Waals surface area contributed by atoms with Crippen LogP contribution in [0.5, 0.6) is 0 Å². The van der Waals surface area contributed by atoms with Crippen LogP contribution in [-0.4, -0.2) is 53.7 Å². The standard InChI is InChI=1S/C16H26N4O2/c1-16(2,3)22-15(21)20-8-6-7-12(11-20)13-9-17-10-14(18-13)19(4)5/h9-10,12H,6-8,11H2,1-5H3/t12-/m0/s1. The lowest BCUT2D eigenvalue weighted by atomic mass is 9.95. The van der Waals surface area contributed by atoms with Crippen LogP contribution < -0.4 is 4.90 Å². The monoisotopic (exact) mass is 306 g/mol. The third-order valence-corrected chi connectivity index (χ3v) is 3.59. The highest BCUT2D eigenvalue weighted by Gasteiger charge is 2.29.